The highest BCUT2D eigenvalue weighted by Gasteiger charge is 2.12. The lowest BCUT2D eigenvalue weighted by Crippen LogP contribution is -2.16. The molecule has 6 heteroatoms. The number of aromatic nitrogens is 3. The Kier molecular flexibility index (Phi) is 3.14. The van der Waals surface area contributed by atoms with E-state index in [1.54, 1.807) is 11.7 Å². The molecule has 0 bridgehead atoms. The number of rotatable bonds is 3. The molecule has 0 aliphatic rings. The van der Waals surface area contributed by atoms with Crippen LogP contribution < -0.4 is 5.73 Å². The van der Waals surface area contributed by atoms with Crippen LogP contribution in [0.3, 0.4) is 0 Å². The zero-order chi connectivity index (χ0) is 12.4. The second kappa shape index (κ2) is 4.58. The molecule has 0 saturated carbocycles. The summed E-state index contributed by atoms with van der Waals surface area (Å²) in [6.07, 6.45) is 1.84. The van der Waals surface area contributed by atoms with E-state index >= 15 is 0 Å². The topological polar surface area (TPSA) is 56.7 Å². The van der Waals surface area contributed by atoms with Gasteiger partial charge in [-0.3, -0.25) is 4.68 Å². The van der Waals surface area contributed by atoms with Gasteiger partial charge in [0.05, 0.1) is 0 Å². The first-order valence-electron chi connectivity index (χ1n) is 5.11. The van der Waals surface area contributed by atoms with Crippen molar-refractivity contribution in [2.45, 2.75) is 12.5 Å². The van der Waals surface area contributed by atoms with Crippen molar-refractivity contribution in [2.24, 2.45) is 12.8 Å². The quantitative estimate of drug-likeness (QED) is 0.877. The van der Waals surface area contributed by atoms with E-state index in [0.717, 1.165) is 12.1 Å². The molecule has 2 aromatic rings. The zero-order valence-electron chi connectivity index (χ0n) is 9.27. The first kappa shape index (κ1) is 11.7. The minimum atomic E-state index is -0.893. The number of benzene rings is 1. The highest BCUT2D eigenvalue weighted by atomic mass is 19.2. The van der Waals surface area contributed by atoms with Crippen LogP contribution in [-0.2, 0) is 13.5 Å². The van der Waals surface area contributed by atoms with Crippen LogP contribution in [0.15, 0.2) is 24.5 Å². The van der Waals surface area contributed by atoms with E-state index in [1.807, 2.05) is 0 Å². The van der Waals surface area contributed by atoms with Crippen LogP contribution in [0.4, 0.5) is 8.78 Å². The van der Waals surface area contributed by atoms with Gasteiger partial charge in [-0.1, -0.05) is 6.07 Å². The van der Waals surface area contributed by atoms with Crippen molar-refractivity contribution < 1.29 is 8.78 Å². The molecule has 1 unspecified atom stereocenters. The highest BCUT2D eigenvalue weighted by Crippen LogP contribution is 2.17. The van der Waals surface area contributed by atoms with Gasteiger partial charge in [-0.15, -0.1) is 0 Å². The van der Waals surface area contributed by atoms with Crippen molar-refractivity contribution in [3.05, 3.63) is 47.5 Å². The Hall–Kier alpha value is -1.82. The summed E-state index contributed by atoms with van der Waals surface area (Å²) in [5, 5.41) is 3.91. The Morgan fingerprint density at radius 1 is 1.35 bits per heavy atom. The van der Waals surface area contributed by atoms with E-state index in [0.29, 0.717) is 17.8 Å². The van der Waals surface area contributed by atoms with Crippen molar-refractivity contribution in [3.8, 4) is 0 Å². The minimum absolute atomic E-state index is 0.418. The summed E-state index contributed by atoms with van der Waals surface area (Å²) < 4.78 is 27.4. The van der Waals surface area contributed by atoms with Crippen molar-refractivity contribution >= 4 is 0 Å². The SMILES string of the molecule is Cn1ncnc1CC(N)c1ccc(F)c(F)c1. The van der Waals surface area contributed by atoms with E-state index in [-0.39, 0.29) is 0 Å². The van der Waals surface area contributed by atoms with Gasteiger partial charge in [-0.25, -0.2) is 13.8 Å². The standard InChI is InChI=1S/C11H12F2N4/c1-17-11(15-6-16-17)5-10(14)7-2-3-8(12)9(13)4-7/h2-4,6,10H,5,14H2,1H3. The second-order valence-corrected chi connectivity index (χ2v) is 3.78. The zero-order valence-corrected chi connectivity index (χ0v) is 9.27. The lowest BCUT2D eigenvalue weighted by atomic mass is 10.0. The molecule has 1 aromatic carbocycles. The van der Waals surface area contributed by atoms with Gasteiger partial charge in [-0.05, 0) is 17.7 Å². The van der Waals surface area contributed by atoms with Crippen LogP contribution in [0.5, 0.6) is 0 Å². The van der Waals surface area contributed by atoms with Crippen molar-refractivity contribution in [1.29, 1.82) is 0 Å². The summed E-state index contributed by atoms with van der Waals surface area (Å²) in [6, 6.07) is 3.21. The molecule has 0 spiro atoms. The summed E-state index contributed by atoms with van der Waals surface area (Å²) in [4.78, 5) is 4.03. The number of aryl methyl sites for hydroxylation is 1. The van der Waals surface area contributed by atoms with Crippen LogP contribution in [0.1, 0.15) is 17.4 Å². The summed E-state index contributed by atoms with van der Waals surface area (Å²) in [6.45, 7) is 0. The van der Waals surface area contributed by atoms with Gasteiger partial charge in [0.25, 0.3) is 0 Å². The van der Waals surface area contributed by atoms with Crippen LogP contribution >= 0.6 is 0 Å². The van der Waals surface area contributed by atoms with Gasteiger partial charge in [0.1, 0.15) is 12.2 Å². The van der Waals surface area contributed by atoms with E-state index < -0.39 is 17.7 Å². The molecule has 2 N–H and O–H groups in total. The molecular weight excluding hydrogens is 226 g/mol. The van der Waals surface area contributed by atoms with Gasteiger partial charge in [0, 0.05) is 19.5 Å². The van der Waals surface area contributed by atoms with Crippen LogP contribution in [-0.4, -0.2) is 14.8 Å². The third-order valence-corrected chi connectivity index (χ3v) is 2.58. The largest absolute Gasteiger partial charge is 0.324 e. The molecule has 1 aromatic heterocycles. The van der Waals surface area contributed by atoms with E-state index in [4.69, 9.17) is 5.73 Å². The molecule has 4 nitrogen and oxygen atoms in total. The van der Waals surface area contributed by atoms with Gasteiger partial charge in [0.15, 0.2) is 11.6 Å². The summed E-state index contributed by atoms with van der Waals surface area (Å²) >= 11 is 0. The predicted molar refractivity (Wildman–Crippen MR) is 58.0 cm³/mol. The average Bonchev–Trinajstić information content (AvgIpc) is 2.68. The first-order valence-corrected chi connectivity index (χ1v) is 5.11. The summed E-state index contributed by atoms with van der Waals surface area (Å²) in [7, 11) is 1.75. The van der Waals surface area contributed by atoms with E-state index in [9.17, 15) is 8.78 Å². The Morgan fingerprint density at radius 2 is 2.12 bits per heavy atom. The fourth-order valence-electron chi connectivity index (χ4n) is 1.56. The van der Waals surface area contributed by atoms with Crippen molar-refractivity contribution in [3.63, 3.8) is 0 Å². The summed E-state index contributed by atoms with van der Waals surface area (Å²) in [5.41, 5.74) is 6.44. The molecule has 0 fully saturated rings. The second-order valence-electron chi connectivity index (χ2n) is 3.78. The van der Waals surface area contributed by atoms with E-state index in [1.165, 1.54) is 12.4 Å². The molecule has 0 aliphatic carbocycles. The Morgan fingerprint density at radius 3 is 2.71 bits per heavy atom. The van der Waals surface area contributed by atoms with Gasteiger partial charge in [-0.2, -0.15) is 5.10 Å². The fraction of sp³-hybridized carbons (Fsp3) is 0.273. The Labute approximate surface area is 97.1 Å². The lowest BCUT2D eigenvalue weighted by molar-refractivity contribution is 0.504. The molecule has 0 amide bonds. The maximum absolute atomic E-state index is 13.0. The molecule has 0 radical (unpaired) electrons. The van der Waals surface area contributed by atoms with Crippen molar-refractivity contribution in [2.75, 3.05) is 0 Å². The lowest BCUT2D eigenvalue weighted by Gasteiger charge is -2.11. The molecule has 90 valence electrons. The monoisotopic (exact) mass is 238 g/mol. The minimum Gasteiger partial charge on any atom is -0.324 e. The number of halogens is 2. The first-order chi connectivity index (χ1) is 8.08. The highest BCUT2D eigenvalue weighted by molar-refractivity contribution is 5.21. The molecule has 0 saturated heterocycles. The number of nitrogens with two attached hydrogens (primary N) is 1. The molecular formula is C11H12F2N4. The summed E-state index contributed by atoms with van der Waals surface area (Å²) in [5.74, 6) is -1.07. The number of hydrogen-bond acceptors (Lipinski definition) is 3. The molecule has 17 heavy (non-hydrogen) atoms. The maximum Gasteiger partial charge on any atom is 0.159 e. The third kappa shape index (κ3) is 2.47. The Balaban J connectivity index is 2.17. The Bertz CT molecular complexity index is 524. The van der Waals surface area contributed by atoms with Gasteiger partial charge >= 0.3 is 0 Å². The molecule has 1 atom stereocenters. The van der Waals surface area contributed by atoms with Crippen LogP contribution in [0.2, 0.25) is 0 Å². The van der Waals surface area contributed by atoms with Crippen LogP contribution in [0.25, 0.3) is 0 Å². The van der Waals surface area contributed by atoms with Gasteiger partial charge in [0.2, 0.25) is 0 Å². The van der Waals surface area contributed by atoms with E-state index in [2.05, 4.69) is 10.1 Å². The number of nitrogens with zero attached hydrogens (tertiary/aromatic N) is 3. The average molecular weight is 238 g/mol. The molecule has 1 heterocycles. The normalized spacial score (nSPS) is 12.7. The third-order valence-electron chi connectivity index (χ3n) is 2.58. The van der Waals surface area contributed by atoms with Gasteiger partial charge < -0.3 is 5.73 Å². The fourth-order valence-corrected chi connectivity index (χ4v) is 1.56. The molecule has 2 rings (SSSR count). The maximum atomic E-state index is 13.0. The predicted octanol–water partition coefficient (Wildman–Crippen LogP) is 1.34. The smallest absolute Gasteiger partial charge is 0.159 e. The molecule has 0 aliphatic heterocycles. The number of hydrogen-bond donors (Lipinski definition) is 1. The van der Waals surface area contributed by atoms with Crippen LogP contribution in [0, 0.1) is 11.6 Å². The van der Waals surface area contributed by atoms with Crippen molar-refractivity contribution in [1.82, 2.24) is 14.8 Å².